The molecule has 0 aliphatic heterocycles. The van der Waals surface area contributed by atoms with Crippen LogP contribution in [0.3, 0.4) is 0 Å². The van der Waals surface area contributed by atoms with Crippen molar-refractivity contribution in [2.75, 3.05) is 0 Å². The van der Waals surface area contributed by atoms with Crippen molar-refractivity contribution in [1.29, 1.82) is 0 Å². The minimum atomic E-state index is -0.577. The number of nitrogen functional groups attached to an aromatic ring is 2. The summed E-state index contributed by atoms with van der Waals surface area (Å²) in [5, 5.41) is 0.606. The second kappa shape index (κ2) is 4.78. The number of amides is 2. The normalized spacial score (nSPS) is 10.1. The Hall–Kier alpha value is -2.51. The molecular weight excluding hydrogens is 234 g/mol. The third kappa shape index (κ3) is 1.99. The van der Waals surface area contributed by atoms with Gasteiger partial charge in [0.1, 0.15) is 5.69 Å². The molecule has 0 bridgehead atoms. The van der Waals surface area contributed by atoms with Gasteiger partial charge in [-0.25, -0.2) is 16.7 Å². The number of nitrogens with zero attached hydrogens (tertiary/aromatic N) is 1. The topological polar surface area (TPSA) is 123 Å². The van der Waals surface area contributed by atoms with E-state index in [1.807, 2.05) is 10.9 Å². The molecule has 1 heterocycles. The Morgan fingerprint density at radius 1 is 1.06 bits per heavy atom. The van der Waals surface area contributed by atoms with Gasteiger partial charge in [0.05, 0.1) is 11.1 Å². The van der Waals surface area contributed by atoms with Gasteiger partial charge < -0.3 is 0 Å². The van der Waals surface area contributed by atoms with E-state index in [0.717, 1.165) is 0 Å². The molecule has 1 aromatic heterocycles. The quantitative estimate of drug-likeness (QED) is 0.321. The number of nitrogens with one attached hydrogen (secondary N) is 2. The van der Waals surface area contributed by atoms with Crippen LogP contribution >= 0.6 is 0 Å². The van der Waals surface area contributed by atoms with Crippen molar-refractivity contribution in [2.45, 2.75) is 0 Å². The van der Waals surface area contributed by atoms with Gasteiger partial charge in [-0.1, -0.05) is 18.2 Å². The zero-order chi connectivity index (χ0) is 13.1. The molecule has 0 aliphatic rings. The summed E-state index contributed by atoms with van der Waals surface area (Å²) in [7, 11) is 0. The lowest BCUT2D eigenvalue weighted by Gasteiger charge is -2.07. The van der Waals surface area contributed by atoms with Gasteiger partial charge in [-0.05, 0) is 12.1 Å². The molecule has 0 fully saturated rings. The van der Waals surface area contributed by atoms with E-state index < -0.39 is 11.8 Å². The van der Waals surface area contributed by atoms with Crippen molar-refractivity contribution in [3.63, 3.8) is 0 Å². The van der Waals surface area contributed by atoms with E-state index in [-0.39, 0.29) is 11.3 Å². The molecule has 0 aliphatic carbocycles. The van der Waals surface area contributed by atoms with Gasteiger partial charge in [-0.15, -0.1) is 0 Å². The third-order valence-corrected chi connectivity index (χ3v) is 2.46. The molecule has 2 rings (SSSR count). The molecular formula is C11H11N5O2. The van der Waals surface area contributed by atoms with Crippen LogP contribution in [0.4, 0.5) is 0 Å². The fraction of sp³-hybridized carbons (Fsp3) is 0. The van der Waals surface area contributed by atoms with Crippen LogP contribution in [-0.2, 0) is 0 Å². The molecule has 0 unspecified atom stereocenters. The molecule has 0 spiro atoms. The maximum Gasteiger partial charge on any atom is 0.283 e. The highest BCUT2D eigenvalue weighted by Crippen LogP contribution is 2.18. The SMILES string of the molecule is NNC(=O)c1cc(C(=O)NN)c2ccccc2n1. The number of carbonyl (C=O) groups excluding carboxylic acids is 2. The molecule has 1 aromatic carbocycles. The predicted molar refractivity (Wildman–Crippen MR) is 65.1 cm³/mol. The van der Waals surface area contributed by atoms with Gasteiger partial charge in [0.25, 0.3) is 11.8 Å². The highest BCUT2D eigenvalue weighted by atomic mass is 16.2. The molecule has 92 valence electrons. The average molecular weight is 245 g/mol. The largest absolute Gasteiger partial charge is 0.290 e. The second-order valence-electron chi connectivity index (χ2n) is 3.52. The Kier molecular flexibility index (Phi) is 3.18. The Balaban J connectivity index is 2.72. The van der Waals surface area contributed by atoms with Crippen LogP contribution in [0.25, 0.3) is 10.9 Å². The first-order valence-corrected chi connectivity index (χ1v) is 5.09. The Labute approximate surface area is 102 Å². The van der Waals surface area contributed by atoms with E-state index in [2.05, 4.69) is 4.98 Å². The fourth-order valence-corrected chi connectivity index (χ4v) is 1.63. The van der Waals surface area contributed by atoms with E-state index >= 15 is 0 Å². The molecule has 0 saturated heterocycles. The third-order valence-electron chi connectivity index (χ3n) is 2.46. The summed E-state index contributed by atoms with van der Waals surface area (Å²) in [6.45, 7) is 0. The smallest absolute Gasteiger partial charge is 0.283 e. The van der Waals surface area contributed by atoms with Crippen LogP contribution in [-0.4, -0.2) is 16.8 Å². The summed E-state index contributed by atoms with van der Waals surface area (Å²) in [5.74, 6) is 9.07. The first-order chi connectivity index (χ1) is 8.67. The number of pyridine rings is 1. The Morgan fingerprint density at radius 2 is 1.72 bits per heavy atom. The number of carbonyl (C=O) groups is 2. The lowest BCUT2D eigenvalue weighted by molar-refractivity contribution is 0.0949. The summed E-state index contributed by atoms with van der Waals surface area (Å²) in [4.78, 5) is 27.2. The van der Waals surface area contributed by atoms with E-state index in [0.29, 0.717) is 10.9 Å². The van der Waals surface area contributed by atoms with Gasteiger partial charge in [0, 0.05) is 5.39 Å². The number of para-hydroxylation sites is 1. The van der Waals surface area contributed by atoms with Crippen LogP contribution in [0.15, 0.2) is 30.3 Å². The van der Waals surface area contributed by atoms with E-state index in [1.165, 1.54) is 6.07 Å². The lowest BCUT2D eigenvalue weighted by atomic mass is 10.1. The minimum absolute atomic E-state index is 0.0507. The van der Waals surface area contributed by atoms with Gasteiger partial charge in [-0.2, -0.15) is 0 Å². The van der Waals surface area contributed by atoms with E-state index in [1.54, 1.807) is 24.3 Å². The number of rotatable bonds is 2. The molecule has 7 nitrogen and oxygen atoms in total. The molecule has 0 atom stereocenters. The van der Waals surface area contributed by atoms with E-state index in [4.69, 9.17) is 11.7 Å². The number of aromatic nitrogens is 1. The van der Waals surface area contributed by atoms with Gasteiger partial charge in [0.15, 0.2) is 0 Å². The van der Waals surface area contributed by atoms with Gasteiger partial charge in [0.2, 0.25) is 0 Å². The molecule has 0 radical (unpaired) electrons. The molecule has 0 saturated carbocycles. The van der Waals surface area contributed by atoms with Crippen LogP contribution < -0.4 is 22.5 Å². The standard InChI is InChI=1S/C11H11N5O2/c12-15-10(17)7-5-9(11(18)16-13)14-8-4-2-1-3-6(7)8/h1-5H,12-13H2,(H,15,17)(H,16,18). The van der Waals surface area contributed by atoms with Crippen LogP contribution in [0, 0.1) is 0 Å². The number of fused-ring (bicyclic) bond motifs is 1. The first-order valence-electron chi connectivity index (χ1n) is 5.09. The summed E-state index contributed by atoms with van der Waals surface area (Å²) in [6.07, 6.45) is 0. The molecule has 2 aromatic rings. The van der Waals surface area contributed by atoms with Crippen LogP contribution in [0.1, 0.15) is 20.8 Å². The first kappa shape index (κ1) is 12.0. The number of hydrazine groups is 2. The van der Waals surface area contributed by atoms with Gasteiger partial charge in [-0.3, -0.25) is 20.4 Å². The number of hydrogen-bond acceptors (Lipinski definition) is 5. The van der Waals surface area contributed by atoms with Crippen molar-refractivity contribution < 1.29 is 9.59 Å². The maximum absolute atomic E-state index is 11.7. The highest BCUT2D eigenvalue weighted by molar-refractivity contribution is 6.08. The summed E-state index contributed by atoms with van der Waals surface area (Å²) >= 11 is 0. The minimum Gasteiger partial charge on any atom is -0.290 e. The monoisotopic (exact) mass is 245 g/mol. The van der Waals surface area contributed by atoms with Crippen molar-refractivity contribution in [3.8, 4) is 0 Å². The number of hydrogen-bond donors (Lipinski definition) is 4. The van der Waals surface area contributed by atoms with Crippen molar-refractivity contribution >= 4 is 22.7 Å². The Bertz CT molecular complexity index is 626. The van der Waals surface area contributed by atoms with Crippen LogP contribution in [0.2, 0.25) is 0 Å². The van der Waals surface area contributed by atoms with Crippen molar-refractivity contribution in [1.82, 2.24) is 15.8 Å². The summed E-state index contributed by atoms with van der Waals surface area (Å²) in [6, 6.07) is 8.27. The van der Waals surface area contributed by atoms with Gasteiger partial charge >= 0.3 is 0 Å². The van der Waals surface area contributed by atoms with Crippen LogP contribution in [0.5, 0.6) is 0 Å². The number of nitrogens with two attached hydrogens (primary N) is 2. The molecule has 6 N–H and O–H groups in total. The zero-order valence-electron chi connectivity index (χ0n) is 9.31. The molecule has 2 amide bonds. The van der Waals surface area contributed by atoms with Crippen molar-refractivity contribution in [3.05, 3.63) is 41.6 Å². The summed E-state index contributed by atoms with van der Waals surface area (Å²) < 4.78 is 0. The zero-order valence-corrected chi connectivity index (χ0v) is 9.31. The number of benzene rings is 1. The van der Waals surface area contributed by atoms with E-state index in [9.17, 15) is 9.59 Å². The molecule has 7 heteroatoms. The fourth-order valence-electron chi connectivity index (χ4n) is 1.63. The second-order valence-corrected chi connectivity index (χ2v) is 3.52. The highest BCUT2D eigenvalue weighted by Gasteiger charge is 2.14. The lowest BCUT2D eigenvalue weighted by Crippen LogP contribution is -2.33. The van der Waals surface area contributed by atoms with Crippen molar-refractivity contribution in [2.24, 2.45) is 11.7 Å². The molecule has 18 heavy (non-hydrogen) atoms. The average Bonchev–Trinajstić information content (AvgIpc) is 2.44. The Morgan fingerprint density at radius 3 is 2.39 bits per heavy atom. The maximum atomic E-state index is 11.7. The predicted octanol–water partition coefficient (Wildman–Crippen LogP) is -0.558. The summed E-state index contributed by atoms with van der Waals surface area (Å²) in [5.41, 5.74) is 4.82.